The number of hydrogen-bond acceptors (Lipinski definition) is 5. The van der Waals surface area contributed by atoms with Crippen molar-refractivity contribution in [1.29, 1.82) is 0 Å². The van der Waals surface area contributed by atoms with E-state index in [-0.39, 0.29) is 30.8 Å². The normalized spacial score (nSPS) is 12.5. The topological polar surface area (TPSA) is 84.9 Å². The van der Waals surface area contributed by atoms with Crippen LogP contribution in [0.4, 0.5) is 0 Å². The molecule has 4 rings (SSSR count). The largest absolute Gasteiger partial charge is 0.497 e. The van der Waals surface area contributed by atoms with E-state index in [9.17, 15) is 14.4 Å². The standard InChI is InChI=1S/C25H22N2O5/c1-31-19-10-11-22(32-2)18(13-19)14-26-23(28)17-7-5-6-16(12-17)15-27-24(29)20-8-3-4-9-21(20)25(27)30/h3-13H,14-15H2,1-2H3,(H,26,28). The van der Waals surface area contributed by atoms with E-state index in [0.717, 1.165) is 5.56 Å². The fraction of sp³-hybridized carbons (Fsp3) is 0.160. The molecular weight excluding hydrogens is 408 g/mol. The van der Waals surface area contributed by atoms with Gasteiger partial charge >= 0.3 is 0 Å². The second kappa shape index (κ2) is 8.93. The van der Waals surface area contributed by atoms with Crippen LogP contribution in [0.1, 0.15) is 42.2 Å². The summed E-state index contributed by atoms with van der Waals surface area (Å²) in [6, 6.07) is 19.0. The van der Waals surface area contributed by atoms with Crippen LogP contribution in [-0.2, 0) is 13.1 Å². The van der Waals surface area contributed by atoms with E-state index in [4.69, 9.17) is 9.47 Å². The van der Waals surface area contributed by atoms with E-state index in [0.29, 0.717) is 33.8 Å². The number of nitrogens with one attached hydrogen (secondary N) is 1. The molecular formula is C25H22N2O5. The molecule has 3 aromatic rings. The summed E-state index contributed by atoms with van der Waals surface area (Å²) in [4.78, 5) is 39.1. The van der Waals surface area contributed by atoms with Gasteiger partial charge in [0.2, 0.25) is 0 Å². The van der Waals surface area contributed by atoms with E-state index in [1.54, 1.807) is 80.9 Å². The zero-order valence-corrected chi connectivity index (χ0v) is 17.8. The fourth-order valence-electron chi connectivity index (χ4n) is 3.67. The summed E-state index contributed by atoms with van der Waals surface area (Å²) in [7, 11) is 3.14. The van der Waals surface area contributed by atoms with Gasteiger partial charge in [-0.25, -0.2) is 0 Å². The van der Waals surface area contributed by atoms with Crippen molar-refractivity contribution in [2.24, 2.45) is 0 Å². The molecule has 0 aromatic heterocycles. The average Bonchev–Trinajstić information content (AvgIpc) is 3.07. The highest BCUT2D eigenvalue weighted by Gasteiger charge is 2.34. The quantitative estimate of drug-likeness (QED) is 0.581. The van der Waals surface area contributed by atoms with Crippen molar-refractivity contribution in [3.8, 4) is 11.5 Å². The Morgan fingerprint density at radius 1 is 0.875 bits per heavy atom. The van der Waals surface area contributed by atoms with Crippen LogP contribution in [0.25, 0.3) is 0 Å². The first kappa shape index (κ1) is 21.1. The van der Waals surface area contributed by atoms with Gasteiger partial charge in [-0.3, -0.25) is 19.3 Å². The predicted molar refractivity (Wildman–Crippen MR) is 118 cm³/mol. The van der Waals surface area contributed by atoms with E-state index < -0.39 is 0 Å². The fourth-order valence-corrected chi connectivity index (χ4v) is 3.67. The molecule has 0 aliphatic carbocycles. The van der Waals surface area contributed by atoms with E-state index >= 15 is 0 Å². The van der Waals surface area contributed by atoms with E-state index in [2.05, 4.69) is 5.32 Å². The second-order valence-electron chi connectivity index (χ2n) is 7.30. The number of benzene rings is 3. The van der Waals surface area contributed by atoms with E-state index in [1.165, 1.54) is 4.90 Å². The highest BCUT2D eigenvalue weighted by molar-refractivity contribution is 6.21. The van der Waals surface area contributed by atoms with Gasteiger partial charge in [0.25, 0.3) is 17.7 Å². The third kappa shape index (κ3) is 4.05. The van der Waals surface area contributed by atoms with Crippen LogP contribution in [-0.4, -0.2) is 36.8 Å². The first-order valence-corrected chi connectivity index (χ1v) is 10.0. The van der Waals surface area contributed by atoms with Crippen molar-refractivity contribution in [2.45, 2.75) is 13.1 Å². The summed E-state index contributed by atoms with van der Waals surface area (Å²) >= 11 is 0. The molecule has 0 saturated heterocycles. The van der Waals surface area contributed by atoms with Crippen molar-refractivity contribution in [3.63, 3.8) is 0 Å². The molecule has 0 atom stereocenters. The highest BCUT2D eigenvalue weighted by Crippen LogP contribution is 2.25. The van der Waals surface area contributed by atoms with Crippen LogP contribution in [0.2, 0.25) is 0 Å². The van der Waals surface area contributed by atoms with Crippen LogP contribution in [0.5, 0.6) is 11.5 Å². The molecule has 0 spiro atoms. The third-order valence-corrected chi connectivity index (χ3v) is 5.34. The number of carbonyl (C=O) groups excluding carboxylic acids is 3. The van der Waals surface area contributed by atoms with Crippen molar-refractivity contribution in [3.05, 3.63) is 94.5 Å². The van der Waals surface area contributed by atoms with Crippen LogP contribution in [0.3, 0.4) is 0 Å². The van der Waals surface area contributed by atoms with Gasteiger partial charge in [0, 0.05) is 17.7 Å². The molecule has 3 amide bonds. The lowest BCUT2D eigenvalue weighted by Crippen LogP contribution is -2.29. The molecule has 0 saturated carbocycles. The van der Waals surface area contributed by atoms with Crippen molar-refractivity contribution in [2.75, 3.05) is 14.2 Å². The number of rotatable bonds is 7. The molecule has 1 aliphatic rings. The minimum absolute atomic E-state index is 0.0944. The number of fused-ring (bicyclic) bond motifs is 1. The zero-order valence-electron chi connectivity index (χ0n) is 17.8. The maximum atomic E-state index is 12.7. The summed E-state index contributed by atoms with van der Waals surface area (Å²) < 4.78 is 10.6. The molecule has 162 valence electrons. The van der Waals surface area contributed by atoms with E-state index in [1.807, 2.05) is 0 Å². The van der Waals surface area contributed by atoms with Crippen LogP contribution in [0, 0.1) is 0 Å². The average molecular weight is 430 g/mol. The second-order valence-corrected chi connectivity index (χ2v) is 7.30. The van der Waals surface area contributed by atoms with Crippen LogP contribution >= 0.6 is 0 Å². The van der Waals surface area contributed by atoms with Crippen LogP contribution < -0.4 is 14.8 Å². The van der Waals surface area contributed by atoms with Crippen molar-refractivity contribution in [1.82, 2.24) is 10.2 Å². The Labute approximate surface area is 185 Å². The summed E-state index contributed by atoms with van der Waals surface area (Å²) in [6.07, 6.45) is 0. The van der Waals surface area contributed by atoms with Gasteiger partial charge in [-0.05, 0) is 48.0 Å². The SMILES string of the molecule is COc1ccc(OC)c(CNC(=O)c2cccc(CN3C(=O)c4ccccc4C3=O)c2)c1. The minimum atomic E-state index is -0.328. The summed E-state index contributed by atoms with van der Waals surface area (Å²) in [5.41, 5.74) is 2.70. The van der Waals surface area contributed by atoms with Gasteiger partial charge in [-0.1, -0.05) is 24.3 Å². The zero-order chi connectivity index (χ0) is 22.7. The first-order chi connectivity index (χ1) is 15.5. The molecule has 0 radical (unpaired) electrons. The number of amides is 3. The molecule has 3 aromatic carbocycles. The molecule has 1 aliphatic heterocycles. The lowest BCUT2D eigenvalue weighted by molar-refractivity contribution is 0.0642. The summed E-state index contributed by atoms with van der Waals surface area (Å²) in [6.45, 7) is 0.346. The molecule has 0 unspecified atom stereocenters. The number of methoxy groups -OCH3 is 2. The Morgan fingerprint density at radius 2 is 1.59 bits per heavy atom. The molecule has 0 fully saturated rings. The number of hydrogen-bond donors (Lipinski definition) is 1. The van der Waals surface area contributed by atoms with Gasteiger partial charge in [0.05, 0.1) is 31.9 Å². The van der Waals surface area contributed by atoms with Crippen LogP contribution in [0.15, 0.2) is 66.7 Å². The Bertz CT molecular complexity index is 1170. The molecule has 1 heterocycles. The number of carbonyl (C=O) groups is 3. The predicted octanol–water partition coefficient (Wildman–Crippen LogP) is 3.43. The molecule has 7 heteroatoms. The van der Waals surface area contributed by atoms with Gasteiger partial charge in [-0.2, -0.15) is 0 Å². The molecule has 0 bridgehead atoms. The Balaban J connectivity index is 1.46. The minimum Gasteiger partial charge on any atom is -0.497 e. The number of imide groups is 1. The van der Waals surface area contributed by atoms with Crippen molar-refractivity contribution >= 4 is 17.7 Å². The molecule has 32 heavy (non-hydrogen) atoms. The third-order valence-electron chi connectivity index (χ3n) is 5.34. The number of ether oxygens (including phenoxy) is 2. The smallest absolute Gasteiger partial charge is 0.261 e. The first-order valence-electron chi connectivity index (χ1n) is 10.0. The Kier molecular flexibility index (Phi) is 5.89. The van der Waals surface area contributed by atoms with Gasteiger partial charge in [0.1, 0.15) is 11.5 Å². The monoisotopic (exact) mass is 430 g/mol. The summed E-state index contributed by atoms with van der Waals surface area (Å²) in [5, 5.41) is 2.87. The maximum absolute atomic E-state index is 12.7. The molecule has 1 N–H and O–H groups in total. The number of nitrogens with zero attached hydrogens (tertiary/aromatic N) is 1. The van der Waals surface area contributed by atoms with Gasteiger partial charge in [0.15, 0.2) is 0 Å². The highest BCUT2D eigenvalue weighted by atomic mass is 16.5. The van der Waals surface area contributed by atoms with Gasteiger partial charge < -0.3 is 14.8 Å². The maximum Gasteiger partial charge on any atom is 0.261 e. The molecule has 7 nitrogen and oxygen atoms in total. The lowest BCUT2D eigenvalue weighted by atomic mass is 10.1. The van der Waals surface area contributed by atoms with Gasteiger partial charge in [-0.15, -0.1) is 0 Å². The lowest BCUT2D eigenvalue weighted by Gasteiger charge is -2.15. The Morgan fingerprint density at radius 3 is 2.25 bits per heavy atom. The Hall–Kier alpha value is -4.13. The summed E-state index contributed by atoms with van der Waals surface area (Å²) in [5.74, 6) is 0.374. The van der Waals surface area contributed by atoms with Crippen molar-refractivity contribution < 1.29 is 23.9 Å².